The molecule has 2 aromatic heterocycles. The van der Waals surface area contributed by atoms with Crippen LogP contribution in [0.1, 0.15) is 41.4 Å². The number of carbonyl (C=O) groups is 1. The third kappa shape index (κ3) is 2.35. The number of pyridine rings is 1. The Balaban J connectivity index is 2.17. The number of rotatable bonds is 3. The molecular weight excluding hydrogens is 260 g/mol. The highest BCUT2D eigenvalue weighted by Crippen LogP contribution is 2.25. The molecule has 0 N–H and O–H groups in total. The maximum atomic E-state index is 11.5. The normalized spacial score (nSPS) is 11.2. The number of aldehydes is 1. The Morgan fingerprint density at radius 1 is 1.14 bits per heavy atom. The van der Waals surface area contributed by atoms with Crippen LogP contribution in [0.3, 0.4) is 0 Å². The second-order valence-electron chi connectivity index (χ2n) is 5.67. The molecule has 0 unspecified atom stereocenters. The quantitative estimate of drug-likeness (QED) is 0.671. The second kappa shape index (κ2) is 5.17. The third-order valence-electron chi connectivity index (χ3n) is 3.78. The van der Waals surface area contributed by atoms with Crippen LogP contribution in [-0.2, 0) is 0 Å². The van der Waals surface area contributed by atoms with Crippen molar-refractivity contribution in [1.82, 2.24) is 9.38 Å². The van der Waals surface area contributed by atoms with E-state index in [2.05, 4.69) is 31.0 Å². The van der Waals surface area contributed by atoms with Crippen molar-refractivity contribution in [1.29, 1.82) is 0 Å². The van der Waals surface area contributed by atoms with E-state index in [4.69, 9.17) is 0 Å². The van der Waals surface area contributed by atoms with E-state index in [9.17, 15) is 4.79 Å². The molecule has 0 aliphatic carbocycles. The van der Waals surface area contributed by atoms with Gasteiger partial charge in [-0.05, 0) is 36.1 Å². The highest BCUT2D eigenvalue weighted by molar-refractivity contribution is 5.86. The summed E-state index contributed by atoms with van der Waals surface area (Å²) in [5, 5.41) is 0. The van der Waals surface area contributed by atoms with E-state index in [1.54, 1.807) is 0 Å². The van der Waals surface area contributed by atoms with Crippen LogP contribution < -0.4 is 0 Å². The van der Waals surface area contributed by atoms with Crippen LogP contribution in [0, 0.1) is 6.92 Å². The summed E-state index contributed by atoms with van der Waals surface area (Å²) in [5.74, 6) is 0.494. The molecule has 0 amide bonds. The van der Waals surface area contributed by atoms with Gasteiger partial charge in [-0.2, -0.15) is 0 Å². The van der Waals surface area contributed by atoms with Gasteiger partial charge in [0.15, 0.2) is 6.29 Å². The molecular formula is C18H18N2O. The van der Waals surface area contributed by atoms with Gasteiger partial charge in [-0.3, -0.25) is 9.20 Å². The molecule has 21 heavy (non-hydrogen) atoms. The topological polar surface area (TPSA) is 34.4 Å². The smallest absolute Gasteiger partial charge is 0.169 e. The summed E-state index contributed by atoms with van der Waals surface area (Å²) < 4.78 is 1.84. The lowest BCUT2D eigenvalue weighted by molar-refractivity contribution is 0.111. The summed E-state index contributed by atoms with van der Waals surface area (Å²) in [6, 6.07) is 12.2. The Morgan fingerprint density at radius 2 is 1.86 bits per heavy atom. The molecule has 0 fully saturated rings. The molecule has 3 nitrogen and oxygen atoms in total. The van der Waals surface area contributed by atoms with E-state index < -0.39 is 0 Å². The van der Waals surface area contributed by atoms with Gasteiger partial charge >= 0.3 is 0 Å². The average molecular weight is 278 g/mol. The minimum Gasteiger partial charge on any atom is -0.297 e. The molecule has 0 aliphatic rings. The summed E-state index contributed by atoms with van der Waals surface area (Å²) in [6.45, 7) is 6.35. The van der Waals surface area contributed by atoms with Crippen LogP contribution in [0.25, 0.3) is 16.9 Å². The van der Waals surface area contributed by atoms with Gasteiger partial charge in [-0.1, -0.05) is 38.1 Å². The fraction of sp³-hybridized carbons (Fsp3) is 0.222. The zero-order valence-corrected chi connectivity index (χ0v) is 12.5. The van der Waals surface area contributed by atoms with Crippen LogP contribution in [-0.4, -0.2) is 15.7 Å². The Hall–Kier alpha value is -2.42. The van der Waals surface area contributed by atoms with E-state index in [1.807, 2.05) is 41.8 Å². The SMILES string of the molecule is Cc1ccn2c(C=O)c(-c3ccc(C(C)C)cc3)nc2c1. The van der Waals surface area contributed by atoms with E-state index in [0.717, 1.165) is 28.8 Å². The minimum atomic E-state index is 0.494. The monoisotopic (exact) mass is 278 g/mol. The number of imidazole rings is 1. The van der Waals surface area contributed by atoms with Crippen molar-refractivity contribution in [2.45, 2.75) is 26.7 Å². The van der Waals surface area contributed by atoms with Crippen molar-refractivity contribution >= 4 is 11.9 Å². The molecule has 0 atom stereocenters. The lowest BCUT2D eigenvalue weighted by Gasteiger charge is -2.06. The predicted molar refractivity (Wildman–Crippen MR) is 84.8 cm³/mol. The molecule has 0 saturated carbocycles. The van der Waals surface area contributed by atoms with Crippen molar-refractivity contribution in [2.24, 2.45) is 0 Å². The van der Waals surface area contributed by atoms with Gasteiger partial charge in [0.05, 0.1) is 0 Å². The molecule has 2 heterocycles. The van der Waals surface area contributed by atoms with Crippen molar-refractivity contribution in [3.05, 3.63) is 59.4 Å². The number of aryl methyl sites for hydroxylation is 1. The van der Waals surface area contributed by atoms with Gasteiger partial charge in [0.2, 0.25) is 0 Å². The predicted octanol–water partition coefficient (Wildman–Crippen LogP) is 4.25. The van der Waals surface area contributed by atoms with E-state index in [0.29, 0.717) is 11.6 Å². The number of hydrogen-bond donors (Lipinski definition) is 0. The van der Waals surface area contributed by atoms with E-state index >= 15 is 0 Å². The van der Waals surface area contributed by atoms with Crippen LogP contribution >= 0.6 is 0 Å². The first-order chi connectivity index (χ1) is 10.1. The van der Waals surface area contributed by atoms with E-state index in [-0.39, 0.29) is 0 Å². The lowest BCUT2D eigenvalue weighted by atomic mass is 10.0. The molecule has 0 saturated heterocycles. The summed E-state index contributed by atoms with van der Waals surface area (Å²) >= 11 is 0. The molecule has 0 bridgehead atoms. The number of nitrogens with zero attached hydrogens (tertiary/aromatic N) is 2. The van der Waals surface area contributed by atoms with E-state index in [1.165, 1.54) is 5.56 Å². The van der Waals surface area contributed by atoms with Crippen LogP contribution in [0.2, 0.25) is 0 Å². The second-order valence-corrected chi connectivity index (χ2v) is 5.67. The molecule has 3 heteroatoms. The number of hydrogen-bond acceptors (Lipinski definition) is 2. The zero-order valence-electron chi connectivity index (χ0n) is 12.5. The first-order valence-electron chi connectivity index (χ1n) is 7.14. The maximum Gasteiger partial charge on any atom is 0.169 e. The summed E-state index contributed by atoms with van der Waals surface area (Å²) in [4.78, 5) is 16.1. The van der Waals surface area contributed by atoms with Gasteiger partial charge < -0.3 is 0 Å². The molecule has 0 spiro atoms. The number of fused-ring (bicyclic) bond motifs is 1. The summed E-state index contributed by atoms with van der Waals surface area (Å²) in [7, 11) is 0. The Kier molecular flexibility index (Phi) is 3.34. The molecule has 106 valence electrons. The molecule has 3 aromatic rings. The standard InChI is InChI=1S/C18H18N2O/c1-12(2)14-4-6-15(7-5-14)18-16(11-21)20-9-8-13(3)10-17(20)19-18/h4-12H,1-3H3. The Bertz CT molecular complexity index is 798. The van der Waals surface area contributed by atoms with Crippen LogP contribution in [0.4, 0.5) is 0 Å². The third-order valence-corrected chi connectivity index (χ3v) is 3.78. The van der Waals surface area contributed by atoms with Gasteiger partial charge in [0, 0.05) is 11.8 Å². The fourth-order valence-electron chi connectivity index (χ4n) is 2.52. The molecule has 0 radical (unpaired) electrons. The molecule has 0 aliphatic heterocycles. The minimum absolute atomic E-state index is 0.494. The lowest BCUT2D eigenvalue weighted by Crippen LogP contribution is -1.93. The average Bonchev–Trinajstić information content (AvgIpc) is 2.84. The largest absolute Gasteiger partial charge is 0.297 e. The number of aromatic nitrogens is 2. The summed E-state index contributed by atoms with van der Waals surface area (Å²) in [6.07, 6.45) is 2.77. The van der Waals surface area contributed by atoms with Gasteiger partial charge in [0.25, 0.3) is 0 Å². The fourth-order valence-corrected chi connectivity index (χ4v) is 2.52. The first kappa shape index (κ1) is 13.6. The summed E-state index contributed by atoms with van der Waals surface area (Å²) in [5.41, 5.74) is 5.54. The van der Waals surface area contributed by atoms with Crippen LogP contribution in [0.5, 0.6) is 0 Å². The molecule has 1 aromatic carbocycles. The van der Waals surface area contributed by atoms with Gasteiger partial charge in [-0.15, -0.1) is 0 Å². The highest BCUT2D eigenvalue weighted by Gasteiger charge is 2.13. The van der Waals surface area contributed by atoms with Crippen molar-refractivity contribution in [3.8, 4) is 11.3 Å². The maximum absolute atomic E-state index is 11.5. The number of carbonyl (C=O) groups excluding carboxylic acids is 1. The molecule has 3 rings (SSSR count). The van der Waals surface area contributed by atoms with Crippen molar-refractivity contribution < 1.29 is 4.79 Å². The van der Waals surface area contributed by atoms with Gasteiger partial charge in [0.1, 0.15) is 17.0 Å². The zero-order chi connectivity index (χ0) is 15.0. The number of benzene rings is 1. The Morgan fingerprint density at radius 3 is 2.48 bits per heavy atom. The highest BCUT2D eigenvalue weighted by atomic mass is 16.1. The Labute approximate surface area is 124 Å². The van der Waals surface area contributed by atoms with Crippen LogP contribution in [0.15, 0.2) is 42.6 Å². The van der Waals surface area contributed by atoms with Crippen molar-refractivity contribution in [2.75, 3.05) is 0 Å². The van der Waals surface area contributed by atoms with Gasteiger partial charge in [-0.25, -0.2) is 4.98 Å². The first-order valence-corrected chi connectivity index (χ1v) is 7.14. The van der Waals surface area contributed by atoms with Crippen molar-refractivity contribution in [3.63, 3.8) is 0 Å².